The fraction of sp³-hybridized carbons (Fsp3) is 0.263. The quantitative estimate of drug-likeness (QED) is 0.430. The minimum atomic E-state index is -0.664. The van der Waals surface area contributed by atoms with Crippen LogP contribution in [0.25, 0.3) is 0 Å². The average molecular weight is 441 g/mol. The summed E-state index contributed by atoms with van der Waals surface area (Å²) in [5, 5.41) is 29.8. The van der Waals surface area contributed by atoms with E-state index in [-0.39, 0.29) is 22.9 Å². The minimum absolute atomic E-state index is 0.0561. The van der Waals surface area contributed by atoms with Crippen molar-refractivity contribution in [1.29, 1.82) is 5.26 Å². The zero-order chi connectivity index (χ0) is 21.4. The van der Waals surface area contributed by atoms with Crippen LogP contribution in [0, 0.1) is 21.4 Å². The number of rotatable bonds is 4. The summed E-state index contributed by atoms with van der Waals surface area (Å²) in [5.74, 6) is -0.514. The van der Waals surface area contributed by atoms with Crippen molar-refractivity contribution in [3.63, 3.8) is 0 Å². The Morgan fingerprint density at radius 3 is 2.67 bits per heavy atom. The molecule has 1 aromatic carbocycles. The number of nitrogens with zero attached hydrogens (tertiary/aromatic N) is 5. The number of ketones is 1. The fourth-order valence-corrected chi connectivity index (χ4v) is 5.10. The SMILES string of the molecule is CSc1nnc(N2C(N)=C(C#N)C(c3ccc([N+](=O)[O-])cc3)C3=C2CCCC3=O)s1. The molecule has 1 aromatic heterocycles. The molecule has 0 amide bonds. The molecule has 0 bridgehead atoms. The molecule has 0 spiro atoms. The van der Waals surface area contributed by atoms with Crippen molar-refractivity contribution < 1.29 is 9.72 Å². The molecule has 0 fully saturated rings. The van der Waals surface area contributed by atoms with Crippen LogP contribution in [0.15, 0.2) is 51.3 Å². The van der Waals surface area contributed by atoms with Gasteiger partial charge in [-0.3, -0.25) is 19.8 Å². The highest BCUT2D eigenvalue weighted by atomic mass is 32.2. The lowest BCUT2D eigenvalue weighted by atomic mass is 9.76. The van der Waals surface area contributed by atoms with Gasteiger partial charge in [-0.1, -0.05) is 35.2 Å². The number of allylic oxidation sites excluding steroid dienone is 3. The Hall–Kier alpha value is -3.23. The van der Waals surface area contributed by atoms with E-state index in [0.717, 1.165) is 10.0 Å². The molecule has 0 saturated heterocycles. The Balaban J connectivity index is 1.90. The van der Waals surface area contributed by atoms with E-state index in [0.29, 0.717) is 35.5 Å². The normalized spacial score (nSPS) is 19.0. The average Bonchev–Trinajstić information content (AvgIpc) is 3.22. The Labute approximate surface area is 180 Å². The maximum Gasteiger partial charge on any atom is 0.269 e. The molecule has 2 heterocycles. The number of nitrogens with two attached hydrogens (primary N) is 1. The van der Waals surface area contributed by atoms with Crippen molar-refractivity contribution in [2.45, 2.75) is 29.5 Å². The van der Waals surface area contributed by atoms with Gasteiger partial charge in [0.2, 0.25) is 5.13 Å². The van der Waals surface area contributed by atoms with Crippen LogP contribution >= 0.6 is 23.1 Å². The summed E-state index contributed by atoms with van der Waals surface area (Å²) in [6.07, 6.45) is 3.55. The molecule has 30 heavy (non-hydrogen) atoms. The number of anilines is 1. The second-order valence-corrected chi connectivity index (χ2v) is 8.73. The predicted molar refractivity (Wildman–Crippen MR) is 113 cm³/mol. The van der Waals surface area contributed by atoms with Crippen molar-refractivity contribution in [3.8, 4) is 6.07 Å². The van der Waals surface area contributed by atoms with Crippen LogP contribution in [0.4, 0.5) is 10.8 Å². The van der Waals surface area contributed by atoms with Gasteiger partial charge in [0.05, 0.1) is 22.5 Å². The zero-order valence-corrected chi connectivity index (χ0v) is 17.5. The molecule has 1 aliphatic carbocycles. The summed E-state index contributed by atoms with van der Waals surface area (Å²) in [4.78, 5) is 25.2. The number of benzene rings is 1. The summed E-state index contributed by atoms with van der Waals surface area (Å²) in [5.41, 5.74) is 8.43. The highest BCUT2D eigenvalue weighted by Crippen LogP contribution is 2.47. The smallest absolute Gasteiger partial charge is 0.269 e. The number of Topliss-reactive ketones (excluding diaryl/α,β-unsaturated/α-hetero) is 1. The maximum absolute atomic E-state index is 13.0. The molecule has 0 radical (unpaired) electrons. The van der Waals surface area contributed by atoms with Gasteiger partial charge in [0.1, 0.15) is 5.82 Å². The second-order valence-electron chi connectivity index (χ2n) is 6.72. The lowest BCUT2D eigenvalue weighted by Crippen LogP contribution is -2.38. The topological polar surface area (TPSA) is 139 Å². The van der Waals surface area contributed by atoms with E-state index in [1.54, 1.807) is 17.0 Å². The molecule has 1 atom stereocenters. The molecule has 0 saturated carbocycles. The van der Waals surface area contributed by atoms with Crippen LogP contribution in [0.2, 0.25) is 0 Å². The molecule has 2 aromatic rings. The number of nitriles is 1. The molecule has 9 nitrogen and oxygen atoms in total. The summed E-state index contributed by atoms with van der Waals surface area (Å²) < 4.78 is 0.748. The van der Waals surface area contributed by atoms with Gasteiger partial charge >= 0.3 is 0 Å². The Kier molecular flexibility index (Phi) is 5.27. The molecule has 1 aliphatic heterocycles. The second kappa shape index (κ2) is 7.89. The van der Waals surface area contributed by atoms with Crippen molar-refractivity contribution in [2.24, 2.45) is 5.73 Å². The number of nitro benzene ring substituents is 1. The highest BCUT2D eigenvalue weighted by Gasteiger charge is 2.41. The van der Waals surface area contributed by atoms with E-state index in [2.05, 4.69) is 16.3 Å². The van der Waals surface area contributed by atoms with Gasteiger partial charge in [-0.2, -0.15) is 5.26 Å². The molecular formula is C19H16N6O3S2. The number of nitro groups is 1. The van der Waals surface area contributed by atoms with E-state index < -0.39 is 10.8 Å². The van der Waals surface area contributed by atoms with Crippen molar-refractivity contribution in [2.75, 3.05) is 11.2 Å². The van der Waals surface area contributed by atoms with Gasteiger partial charge in [0.25, 0.3) is 5.69 Å². The molecule has 1 unspecified atom stereocenters. The number of hydrogen-bond donors (Lipinski definition) is 1. The predicted octanol–water partition coefficient (Wildman–Crippen LogP) is 3.47. The zero-order valence-electron chi connectivity index (χ0n) is 15.9. The van der Waals surface area contributed by atoms with Crippen LogP contribution in [0.5, 0.6) is 0 Å². The van der Waals surface area contributed by atoms with E-state index in [1.165, 1.54) is 35.2 Å². The Bertz CT molecular complexity index is 1150. The molecule has 11 heteroatoms. The highest BCUT2D eigenvalue weighted by molar-refractivity contribution is 8.00. The largest absolute Gasteiger partial charge is 0.384 e. The summed E-state index contributed by atoms with van der Waals surface area (Å²) in [7, 11) is 0. The van der Waals surface area contributed by atoms with Crippen molar-refractivity contribution >= 4 is 39.7 Å². The first-order valence-corrected chi connectivity index (χ1v) is 11.1. The van der Waals surface area contributed by atoms with E-state index >= 15 is 0 Å². The Morgan fingerprint density at radius 1 is 1.33 bits per heavy atom. The first-order valence-electron chi connectivity index (χ1n) is 9.04. The fourth-order valence-electron chi connectivity index (χ4n) is 3.80. The van der Waals surface area contributed by atoms with Crippen LogP contribution < -0.4 is 10.6 Å². The van der Waals surface area contributed by atoms with Crippen molar-refractivity contribution in [1.82, 2.24) is 10.2 Å². The molecule has 2 aliphatic rings. The van der Waals surface area contributed by atoms with E-state index in [9.17, 15) is 20.2 Å². The molecule has 4 rings (SSSR count). The Morgan fingerprint density at radius 2 is 2.07 bits per heavy atom. The monoisotopic (exact) mass is 440 g/mol. The number of non-ortho nitro benzene ring substituents is 1. The van der Waals surface area contributed by atoms with Gasteiger partial charge in [-0.05, 0) is 24.7 Å². The van der Waals surface area contributed by atoms with Gasteiger partial charge in [0, 0.05) is 29.8 Å². The van der Waals surface area contributed by atoms with Crippen molar-refractivity contribution in [3.05, 3.63) is 62.6 Å². The minimum Gasteiger partial charge on any atom is -0.384 e. The first-order chi connectivity index (χ1) is 14.5. The number of hydrogen-bond acceptors (Lipinski definition) is 10. The summed E-state index contributed by atoms with van der Waals surface area (Å²) in [6, 6.07) is 8.05. The first kappa shape index (κ1) is 20.1. The number of carbonyl (C=O) groups is 1. The van der Waals surface area contributed by atoms with Crippen LogP contribution in [0.3, 0.4) is 0 Å². The molecular weight excluding hydrogens is 424 g/mol. The maximum atomic E-state index is 13.0. The number of aromatic nitrogens is 2. The van der Waals surface area contributed by atoms with E-state index in [4.69, 9.17) is 5.73 Å². The summed E-state index contributed by atoms with van der Waals surface area (Å²) in [6.45, 7) is 0. The van der Waals surface area contributed by atoms with Crippen LogP contribution in [-0.4, -0.2) is 27.2 Å². The molecule has 152 valence electrons. The third-order valence-electron chi connectivity index (χ3n) is 5.11. The lowest BCUT2D eigenvalue weighted by Gasteiger charge is -2.38. The van der Waals surface area contributed by atoms with E-state index in [1.807, 2.05) is 6.26 Å². The lowest BCUT2D eigenvalue weighted by molar-refractivity contribution is -0.384. The van der Waals surface area contributed by atoms with Crippen LogP contribution in [0.1, 0.15) is 30.7 Å². The third kappa shape index (κ3) is 3.24. The summed E-state index contributed by atoms with van der Waals surface area (Å²) >= 11 is 2.79. The van der Waals surface area contributed by atoms with Crippen LogP contribution in [-0.2, 0) is 4.79 Å². The number of carbonyl (C=O) groups excluding carboxylic acids is 1. The molecule has 2 N–H and O–H groups in total. The standard InChI is InChI=1S/C19H16N6O3S2/c1-29-19-23-22-18(30-19)24-13-3-2-4-14(26)16(13)15(12(9-20)17(24)21)10-5-7-11(8-6-10)25(27)28/h5-8,15H,2-4,21H2,1H3. The van der Waals surface area contributed by atoms with Gasteiger partial charge in [-0.15, -0.1) is 10.2 Å². The number of thioether (sulfide) groups is 1. The van der Waals surface area contributed by atoms with Gasteiger partial charge < -0.3 is 5.73 Å². The van der Waals surface area contributed by atoms with Gasteiger partial charge in [-0.25, -0.2) is 0 Å². The van der Waals surface area contributed by atoms with Gasteiger partial charge in [0.15, 0.2) is 10.1 Å². The third-order valence-corrected chi connectivity index (χ3v) is 7.00.